The van der Waals surface area contributed by atoms with E-state index in [0.717, 1.165) is 17.8 Å². The molecule has 0 bridgehead atoms. The molecule has 7 nitrogen and oxygen atoms in total. The number of hydrogen-bond donors (Lipinski definition) is 1. The maximum Gasteiger partial charge on any atom is 0.288 e. The van der Waals surface area contributed by atoms with Gasteiger partial charge in [-0.05, 0) is 6.92 Å². The Morgan fingerprint density at radius 1 is 1.67 bits per heavy atom. The quantitative estimate of drug-likeness (QED) is 0.479. The molecule has 1 heterocycles. The fraction of sp³-hybridized carbons (Fsp3) is 0.273. The Morgan fingerprint density at radius 2 is 2.28 bits per heavy atom. The second kappa shape index (κ2) is 5.26. The van der Waals surface area contributed by atoms with Crippen LogP contribution in [0, 0.1) is 10.1 Å². The van der Waals surface area contributed by atoms with E-state index < -0.39 is 10.8 Å². The summed E-state index contributed by atoms with van der Waals surface area (Å²) in [5, 5.41) is 10.6. The predicted octanol–water partition coefficient (Wildman–Crippen LogP) is 1.10. The lowest BCUT2D eigenvalue weighted by molar-refractivity contribution is -0.385. The van der Waals surface area contributed by atoms with Gasteiger partial charge >= 0.3 is 0 Å². The summed E-state index contributed by atoms with van der Waals surface area (Å²) in [5.74, 6) is -0.453. The van der Waals surface area contributed by atoms with Crippen molar-refractivity contribution >= 4 is 17.4 Å². The second-order valence-corrected chi connectivity index (χ2v) is 4.00. The molecule has 0 aliphatic rings. The molecule has 0 atom stereocenters. The number of likely N-dealkylation sites (N-methyl/N-ethyl adjacent to an activating group) is 1. The predicted molar refractivity (Wildman–Crippen MR) is 67.5 cm³/mol. The highest BCUT2D eigenvalue weighted by atomic mass is 16.6. The Kier molecular flexibility index (Phi) is 3.98. The van der Waals surface area contributed by atoms with E-state index in [0.29, 0.717) is 12.4 Å². The number of aromatic nitrogens is 1. The van der Waals surface area contributed by atoms with Crippen LogP contribution in [-0.4, -0.2) is 29.4 Å². The summed E-state index contributed by atoms with van der Waals surface area (Å²) in [5.41, 5.74) is 5.82. The molecule has 2 N–H and O–H groups in total. The zero-order valence-corrected chi connectivity index (χ0v) is 10.2. The van der Waals surface area contributed by atoms with Crippen LogP contribution in [0.5, 0.6) is 0 Å². The molecule has 1 amide bonds. The molecular weight excluding hydrogens is 236 g/mol. The van der Waals surface area contributed by atoms with Gasteiger partial charge in [-0.25, -0.2) is 4.98 Å². The Balaban J connectivity index is 3.23. The van der Waals surface area contributed by atoms with Gasteiger partial charge in [0, 0.05) is 19.7 Å². The lowest BCUT2D eigenvalue weighted by Crippen LogP contribution is -2.25. The third-order valence-electron chi connectivity index (χ3n) is 2.20. The van der Waals surface area contributed by atoms with Gasteiger partial charge in [-0.1, -0.05) is 12.2 Å². The van der Waals surface area contributed by atoms with Gasteiger partial charge in [0.05, 0.1) is 10.5 Å². The molecule has 0 aliphatic carbocycles. The van der Waals surface area contributed by atoms with Crippen molar-refractivity contribution in [3.63, 3.8) is 0 Å². The van der Waals surface area contributed by atoms with Crippen molar-refractivity contribution in [1.82, 2.24) is 4.98 Å². The van der Waals surface area contributed by atoms with E-state index >= 15 is 0 Å². The first-order chi connectivity index (χ1) is 8.32. The molecule has 7 heteroatoms. The van der Waals surface area contributed by atoms with E-state index in [4.69, 9.17) is 5.73 Å². The lowest BCUT2D eigenvalue weighted by atomic mass is 10.2. The molecule has 0 aliphatic heterocycles. The molecule has 0 fully saturated rings. The third kappa shape index (κ3) is 3.03. The fourth-order valence-electron chi connectivity index (χ4n) is 1.51. The van der Waals surface area contributed by atoms with Gasteiger partial charge in [0.15, 0.2) is 0 Å². The number of carbonyl (C=O) groups excluding carboxylic acids is 1. The number of nitrogens with zero attached hydrogens (tertiary/aromatic N) is 3. The first-order valence-corrected chi connectivity index (χ1v) is 5.12. The first-order valence-electron chi connectivity index (χ1n) is 5.12. The van der Waals surface area contributed by atoms with Crippen molar-refractivity contribution in [1.29, 1.82) is 0 Å². The summed E-state index contributed by atoms with van der Waals surface area (Å²) in [6.07, 6.45) is 1.09. The average Bonchev–Trinajstić information content (AvgIpc) is 2.26. The molecular formula is C11H14N4O3. The summed E-state index contributed by atoms with van der Waals surface area (Å²) < 4.78 is 0. The number of anilines is 1. The molecule has 0 unspecified atom stereocenters. The minimum Gasteiger partial charge on any atom is -0.365 e. The minimum atomic E-state index is -0.755. The molecule has 1 aromatic rings. The van der Waals surface area contributed by atoms with Crippen LogP contribution < -0.4 is 10.6 Å². The Bertz CT molecular complexity index is 513. The van der Waals surface area contributed by atoms with E-state index in [-0.39, 0.29) is 11.3 Å². The molecule has 0 spiro atoms. The van der Waals surface area contributed by atoms with Gasteiger partial charge in [-0.15, -0.1) is 0 Å². The van der Waals surface area contributed by atoms with Crippen LogP contribution in [-0.2, 0) is 0 Å². The number of primary amides is 1. The largest absolute Gasteiger partial charge is 0.365 e. The number of hydrogen-bond acceptors (Lipinski definition) is 5. The van der Waals surface area contributed by atoms with E-state index in [1.807, 2.05) is 6.92 Å². The highest BCUT2D eigenvalue weighted by Gasteiger charge is 2.18. The van der Waals surface area contributed by atoms with Crippen LogP contribution in [0.1, 0.15) is 17.3 Å². The highest BCUT2D eigenvalue weighted by molar-refractivity contribution is 5.98. The normalized spacial score (nSPS) is 9.89. The van der Waals surface area contributed by atoms with Gasteiger partial charge < -0.3 is 10.6 Å². The molecule has 0 saturated heterocycles. The maximum absolute atomic E-state index is 11.3. The van der Waals surface area contributed by atoms with Crippen LogP contribution >= 0.6 is 0 Å². The molecule has 0 radical (unpaired) electrons. The first kappa shape index (κ1) is 13.6. The van der Waals surface area contributed by atoms with Gasteiger partial charge in [-0.3, -0.25) is 14.9 Å². The van der Waals surface area contributed by atoms with Gasteiger partial charge in [0.1, 0.15) is 12.0 Å². The number of pyridine rings is 1. The standard InChI is InChI=1S/C11H14N4O3/c1-7(2)6-14(3)11-9(10(12)16)4-8(5-13-11)15(17)18/h4-5H,1,6H2,2-3H3,(H2,12,16). The van der Waals surface area contributed by atoms with Crippen molar-refractivity contribution in [3.05, 3.63) is 40.1 Å². The van der Waals surface area contributed by atoms with Gasteiger partial charge in [0.2, 0.25) is 0 Å². The number of nitrogens with two attached hydrogens (primary N) is 1. The molecule has 1 aromatic heterocycles. The van der Waals surface area contributed by atoms with Crippen molar-refractivity contribution in [2.24, 2.45) is 5.73 Å². The smallest absolute Gasteiger partial charge is 0.288 e. The summed E-state index contributed by atoms with van der Waals surface area (Å²) in [7, 11) is 1.70. The van der Waals surface area contributed by atoms with E-state index in [2.05, 4.69) is 11.6 Å². The summed E-state index contributed by atoms with van der Waals surface area (Å²) in [6.45, 7) is 6.05. The van der Waals surface area contributed by atoms with Crippen molar-refractivity contribution in [2.45, 2.75) is 6.92 Å². The third-order valence-corrected chi connectivity index (χ3v) is 2.20. The minimum absolute atomic E-state index is 0.0213. The number of amides is 1. The van der Waals surface area contributed by atoms with Crippen LogP contribution in [0.15, 0.2) is 24.4 Å². The number of rotatable bonds is 5. The van der Waals surface area contributed by atoms with E-state index in [1.165, 1.54) is 0 Å². The van der Waals surface area contributed by atoms with Gasteiger partial charge in [0.25, 0.3) is 11.6 Å². The van der Waals surface area contributed by atoms with Crippen LogP contribution in [0.2, 0.25) is 0 Å². The summed E-state index contributed by atoms with van der Waals surface area (Å²) in [6, 6.07) is 1.12. The second-order valence-electron chi connectivity index (χ2n) is 4.00. The zero-order chi connectivity index (χ0) is 13.9. The molecule has 0 aromatic carbocycles. The van der Waals surface area contributed by atoms with Crippen LogP contribution in [0.4, 0.5) is 11.5 Å². The monoisotopic (exact) mass is 250 g/mol. The number of nitro groups is 1. The summed E-state index contributed by atoms with van der Waals surface area (Å²) >= 11 is 0. The van der Waals surface area contributed by atoms with Crippen molar-refractivity contribution < 1.29 is 9.72 Å². The molecule has 0 saturated carbocycles. The highest BCUT2D eigenvalue weighted by Crippen LogP contribution is 2.21. The van der Waals surface area contributed by atoms with Gasteiger partial charge in [-0.2, -0.15) is 0 Å². The fourth-order valence-corrected chi connectivity index (χ4v) is 1.51. The SMILES string of the molecule is C=C(C)CN(C)c1ncc([N+](=O)[O-])cc1C(N)=O. The Labute approximate surface area is 104 Å². The van der Waals surface area contributed by atoms with Crippen molar-refractivity contribution in [3.8, 4) is 0 Å². The number of carbonyl (C=O) groups is 1. The van der Waals surface area contributed by atoms with E-state index in [9.17, 15) is 14.9 Å². The van der Waals surface area contributed by atoms with Crippen molar-refractivity contribution in [2.75, 3.05) is 18.5 Å². The molecule has 18 heavy (non-hydrogen) atoms. The lowest BCUT2D eigenvalue weighted by Gasteiger charge is -2.19. The van der Waals surface area contributed by atoms with E-state index in [1.54, 1.807) is 11.9 Å². The topological polar surface area (TPSA) is 102 Å². The van der Waals surface area contributed by atoms with Crippen LogP contribution in [0.3, 0.4) is 0 Å². The summed E-state index contributed by atoms with van der Waals surface area (Å²) in [4.78, 5) is 26.9. The van der Waals surface area contributed by atoms with Crippen LogP contribution in [0.25, 0.3) is 0 Å². The Morgan fingerprint density at radius 3 is 2.72 bits per heavy atom. The molecule has 96 valence electrons. The maximum atomic E-state index is 11.3. The molecule has 1 rings (SSSR count). The average molecular weight is 250 g/mol. The zero-order valence-electron chi connectivity index (χ0n) is 10.2. The Hall–Kier alpha value is -2.44.